The van der Waals surface area contributed by atoms with Crippen LogP contribution in [0.15, 0.2) is 48.7 Å². The number of H-pyrrole nitrogens is 1. The van der Waals surface area contributed by atoms with E-state index in [4.69, 9.17) is 0 Å². The highest BCUT2D eigenvalue weighted by molar-refractivity contribution is 5.88. The second-order valence-electron chi connectivity index (χ2n) is 6.80. The van der Waals surface area contributed by atoms with Crippen molar-refractivity contribution >= 4 is 10.9 Å². The number of likely N-dealkylation sites (N-methyl/N-ethyl adjacent to an activating group) is 1. The summed E-state index contributed by atoms with van der Waals surface area (Å²) >= 11 is 0. The highest BCUT2D eigenvalue weighted by Gasteiger charge is 2.44. The quantitative estimate of drug-likeness (QED) is 0.423. The molecule has 0 aliphatic carbocycles. The molecule has 2 atom stereocenters. The van der Waals surface area contributed by atoms with Crippen molar-refractivity contribution in [2.75, 3.05) is 13.6 Å². The molecule has 3 heterocycles. The van der Waals surface area contributed by atoms with Crippen molar-refractivity contribution in [2.45, 2.75) is 19.0 Å². The second kappa shape index (κ2) is 4.83. The molecule has 112 valence electrons. The lowest BCUT2D eigenvalue weighted by molar-refractivity contribution is -0.949. The van der Waals surface area contributed by atoms with Gasteiger partial charge in [-0.2, -0.15) is 0 Å². The van der Waals surface area contributed by atoms with Crippen LogP contribution in [0.5, 0.6) is 0 Å². The van der Waals surface area contributed by atoms with E-state index in [2.05, 4.69) is 60.7 Å². The van der Waals surface area contributed by atoms with E-state index in [-0.39, 0.29) is 24.0 Å². The maximum atomic E-state index is 3.49. The molecule has 0 spiro atoms. The van der Waals surface area contributed by atoms with Crippen LogP contribution < -0.4 is 24.0 Å². The van der Waals surface area contributed by atoms with Crippen LogP contribution in [0.3, 0.4) is 0 Å². The Labute approximate surface area is 147 Å². The van der Waals surface area contributed by atoms with Gasteiger partial charge in [-0.15, -0.1) is 0 Å². The zero-order valence-corrected chi connectivity index (χ0v) is 14.8. The lowest BCUT2D eigenvalue weighted by atomic mass is 9.82. The molecule has 3 aromatic rings. The Morgan fingerprint density at radius 3 is 2.73 bits per heavy atom. The van der Waals surface area contributed by atoms with Crippen LogP contribution in [0, 0.1) is 0 Å². The number of rotatable bonds is 0. The monoisotopic (exact) mass is 402 g/mol. The molecule has 1 N–H and O–H groups in total. The minimum absolute atomic E-state index is 0. The van der Waals surface area contributed by atoms with E-state index < -0.39 is 0 Å². The van der Waals surface area contributed by atoms with Crippen LogP contribution in [-0.2, 0) is 13.0 Å². The largest absolute Gasteiger partial charge is 1.00 e. The summed E-state index contributed by atoms with van der Waals surface area (Å²) in [6.45, 7) is 2.36. The van der Waals surface area contributed by atoms with E-state index in [1.807, 2.05) is 0 Å². The molecule has 2 unspecified atom stereocenters. The molecular weight excluding hydrogens is 383 g/mol. The van der Waals surface area contributed by atoms with E-state index in [9.17, 15) is 0 Å². The molecule has 5 rings (SSSR count). The topological polar surface area (TPSA) is 15.8 Å². The van der Waals surface area contributed by atoms with Crippen molar-refractivity contribution in [3.63, 3.8) is 0 Å². The second-order valence-corrected chi connectivity index (χ2v) is 6.80. The van der Waals surface area contributed by atoms with Crippen molar-refractivity contribution in [3.8, 4) is 0 Å². The summed E-state index contributed by atoms with van der Waals surface area (Å²) in [7, 11) is 2.43. The van der Waals surface area contributed by atoms with Crippen molar-refractivity contribution in [1.82, 2.24) is 4.98 Å². The van der Waals surface area contributed by atoms with Crippen molar-refractivity contribution < 1.29 is 28.5 Å². The van der Waals surface area contributed by atoms with Crippen LogP contribution in [0.25, 0.3) is 10.9 Å². The van der Waals surface area contributed by atoms with Gasteiger partial charge in [-0.1, -0.05) is 36.4 Å². The lowest BCUT2D eigenvalue weighted by Crippen LogP contribution is -3.00. The number of hydrogen-bond acceptors (Lipinski definition) is 0. The fraction of sp³-hybridized carbons (Fsp3) is 0.263. The third kappa shape index (κ3) is 1.75. The molecule has 2 aromatic carbocycles. The van der Waals surface area contributed by atoms with E-state index in [0.717, 1.165) is 11.0 Å². The zero-order chi connectivity index (χ0) is 14.0. The van der Waals surface area contributed by atoms with Crippen LogP contribution in [0.2, 0.25) is 0 Å². The summed E-state index contributed by atoms with van der Waals surface area (Å²) in [5.74, 6) is 0. The Bertz CT molecular complexity index is 867. The standard InChI is InChI=1S/C19H19N2.HI/c1-21-10-9-13-5-2-3-7-15(13)19(21)16-11-20-17-8-4-6-14(12-21)18(16)17;/h2-8,11,19-20H,9-10,12H2,1H3;1H/q+1;/p-1. The molecule has 3 heteroatoms. The summed E-state index contributed by atoms with van der Waals surface area (Å²) in [5, 5.41) is 1.47. The molecule has 22 heavy (non-hydrogen) atoms. The van der Waals surface area contributed by atoms with E-state index in [1.54, 1.807) is 0 Å². The summed E-state index contributed by atoms with van der Waals surface area (Å²) in [6.07, 6.45) is 3.44. The highest BCUT2D eigenvalue weighted by Crippen LogP contribution is 2.47. The Balaban J connectivity index is 0.00000125. The van der Waals surface area contributed by atoms with Gasteiger partial charge in [-0.25, -0.2) is 0 Å². The van der Waals surface area contributed by atoms with Gasteiger partial charge in [-0.05, 0) is 11.6 Å². The predicted molar refractivity (Wildman–Crippen MR) is 85.0 cm³/mol. The molecule has 0 radical (unpaired) electrons. The molecule has 0 bridgehead atoms. The van der Waals surface area contributed by atoms with E-state index >= 15 is 0 Å². The predicted octanol–water partition coefficient (Wildman–Crippen LogP) is 0.778. The maximum Gasteiger partial charge on any atom is 0.143 e. The summed E-state index contributed by atoms with van der Waals surface area (Å²) in [4.78, 5) is 3.49. The smallest absolute Gasteiger partial charge is 0.143 e. The van der Waals surface area contributed by atoms with Crippen LogP contribution in [0.4, 0.5) is 0 Å². The number of nitrogens with one attached hydrogen (secondary N) is 1. The number of fused-ring (bicyclic) bond motifs is 4. The Hall–Kier alpha value is -1.33. The maximum absolute atomic E-state index is 3.49. The average molecular weight is 402 g/mol. The van der Waals surface area contributed by atoms with Crippen molar-refractivity contribution in [2.24, 2.45) is 0 Å². The summed E-state index contributed by atoms with van der Waals surface area (Å²) < 4.78 is 1.11. The molecular formula is C19H19IN2. The molecule has 0 saturated heterocycles. The zero-order valence-electron chi connectivity index (χ0n) is 12.6. The summed E-state index contributed by atoms with van der Waals surface area (Å²) in [5.41, 5.74) is 7.34. The van der Waals surface area contributed by atoms with Crippen LogP contribution in [0.1, 0.15) is 28.3 Å². The number of halogens is 1. The van der Waals surface area contributed by atoms with Gasteiger partial charge in [0.15, 0.2) is 0 Å². The lowest BCUT2D eigenvalue weighted by Gasteiger charge is -2.48. The van der Waals surface area contributed by atoms with Gasteiger partial charge in [0, 0.05) is 40.2 Å². The van der Waals surface area contributed by atoms with Crippen molar-refractivity contribution in [3.05, 3.63) is 70.9 Å². The molecule has 2 nitrogen and oxygen atoms in total. The summed E-state index contributed by atoms with van der Waals surface area (Å²) in [6, 6.07) is 16.2. The minimum atomic E-state index is 0. The van der Waals surface area contributed by atoms with Gasteiger partial charge < -0.3 is 33.4 Å². The van der Waals surface area contributed by atoms with Crippen LogP contribution in [-0.4, -0.2) is 23.1 Å². The number of hydrogen-bond donors (Lipinski definition) is 1. The Kier molecular flexibility index (Phi) is 3.13. The third-order valence-electron chi connectivity index (χ3n) is 5.51. The fourth-order valence-electron chi connectivity index (χ4n) is 4.57. The van der Waals surface area contributed by atoms with Gasteiger partial charge in [0.25, 0.3) is 0 Å². The minimum Gasteiger partial charge on any atom is -1.00 e. The first-order chi connectivity index (χ1) is 10.3. The normalized spacial score (nSPS) is 25.2. The number of aromatic amines is 1. The van der Waals surface area contributed by atoms with Crippen LogP contribution >= 0.6 is 0 Å². The highest BCUT2D eigenvalue weighted by atomic mass is 127. The molecule has 0 fully saturated rings. The van der Waals surface area contributed by atoms with E-state index in [0.29, 0.717) is 6.04 Å². The number of aromatic nitrogens is 1. The Morgan fingerprint density at radius 2 is 1.82 bits per heavy atom. The average Bonchev–Trinajstić information content (AvgIpc) is 2.92. The van der Waals surface area contributed by atoms with Gasteiger partial charge in [-0.3, -0.25) is 0 Å². The molecule has 1 aromatic heterocycles. The number of benzene rings is 2. The first kappa shape index (κ1) is 14.3. The number of quaternary nitrogens is 1. The third-order valence-corrected chi connectivity index (χ3v) is 5.51. The molecule has 0 saturated carbocycles. The molecule has 0 amide bonds. The molecule has 2 aliphatic heterocycles. The van der Waals surface area contributed by atoms with Gasteiger partial charge in [0.05, 0.1) is 13.6 Å². The first-order valence-corrected chi connectivity index (χ1v) is 7.77. The fourth-order valence-corrected chi connectivity index (χ4v) is 4.57. The van der Waals surface area contributed by atoms with Gasteiger partial charge >= 0.3 is 0 Å². The van der Waals surface area contributed by atoms with E-state index in [1.165, 1.54) is 46.1 Å². The Morgan fingerprint density at radius 1 is 1.00 bits per heavy atom. The number of nitrogens with zero attached hydrogens (tertiary/aromatic N) is 1. The van der Waals surface area contributed by atoms with Gasteiger partial charge in [0.1, 0.15) is 12.6 Å². The SMILES string of the molecule is C[N+]12CCc3ccccc3C1c1c[nH]c3cccc(c13)C2.[I-]. The van der Waals surface area contributed by atoms with Gasteiger partial charge in [0.2, 0.25) is 0 Å². The first-order valence-electron chi connectivity index (χ1n) is 7.77. The van der Waals surface area contributed by atoms with Crippen molar-refractivity contribution in [1.29, 1.82) is 0 Å². The molecule has 2 aliphatic rings.